The highest BCUT2D eigenvalue weighted by atomic mass is 15.0. The van der Waals surface area contributed by atoms with E-state index in [4.69, 9.17) is 15.0 Å². The lowest BCUT2D eigenvalue weighted by Gasteiger charge is -2.34. The van der Waals surface area contributed by atoms with Crippen molar-refractivity contribution in [2.75, 3.05) is 0 Å². The van der Waals surface area contributed by atoms with Crippen molar-refractivity contribution in [1.29, 1.82) is 0 Å². The minimum Gasteiger partial charge on any atom is -0.208 e. The molecule has 8 aromatic carbocycles. The number of rotatable bonds is 6. The van der Waals surface area contributed by atoms with E-state index in [0.29, 0.717) is 17.5 Å². The highest BCUT2D eigenvalue weighted by molar-refractivity contribution is 6.05. The molecule has 9 aromatic rings. The SMILES string of the molecule is c1ccc(-c2cccc(-c3nc(-c4ccccc4)nc(-c4cccc5c6c(ccc45)-c4ccccc4C6(c4ccccc4)c4ccccc4)n3)c2)cc1. The summed E-state index contributed by atoms with van der Waals surface area (Å²) >= 11 is 0. The first kappa shape index (κ1) is 30.8. The summed E-state index contributed by atoms with van der Waals surface area (Å²) in [5.41, 5.74) is 12.1. The van der Waals surface area contributed by atoms with Crippen LogP contribution in [0.4, 0.5) is 0 Å². The Morgan fingerprint density at radius 1 is 0.302 bits per heavy atom. The van der Waals surface area contributed by atoms with Gasteiger partial charge >= 0.3 is 0 Å². The Kier molecular flexibility index (Phi) is 7.36. The van der Waals surface area contributed by atoms with E-state index >= 15 is 0 Å². The summed E-state index contributed by atoms with van der Waals surface area (Å²) in [4.78, 5) is 15.5. The van der Waals surface area contributed by atoms with Crippen molar-refractivity contribution >= 4 is 10.8 Å². The molecular weight excluding hydrogens is 643 g/mol. The molecule has 0 radical (unpaired) electrons. The molecule has 1 aromatic heterocycles. The molecule has 0 unspecified atom stereocenters. The molecule has 0 N–H and O–H groups in total. The fourth-order valence-corrected chi connectivity index (χ4v) is 8.31. The fraction of sp³-hybridized carbons (Fsp3) is 0.0200. The Balaban J connectivity index is 1.24. The molecule has 0 fully saturated rings. The Labute approximate surface area is 309 Å². The van der Waals surface area contributed by atoms with Crippen molar-refractivity contribution in [1.82, 2.24) is 15.0 Å². The van der Waals surface area contributed by atoms with E-state index in [1.54, 1.807) is 0 Å². The van der Waals surface area contributed by atoms with Gasteiger partial charge in [-0.2, -0.15) is 0 Å². The quantitative estimate of drug-likeness (QED) is 0.176. The Bertz CT molecular complexity index is 2720. The molecule has 0 saturated heterocycles. The smallest absolute Gasteiger partial charge is 0.164 e. The molecule has 248 valence electrons. The van der Waals surface area contributed by atoms with Crippen LogP contribution in [0.5, 0.6) is 0 Å². The lowest BCUT2D eigenvalue weighted by atomic mass is 9.66. The van der Waals surface area contributed by atoms with Gasteiger partial charge < -0.3 is 0 Å². The van der Waals surface area contributed by atoms with Gasteiger partial charge in [0, 0.05) is 16.7 Å². The molecule has 3 nitrogen and oxygen atoms in total. The third-order valence-corrected chi connectivity index (χ3v) is 10.6. The summed E-state index contributed by atoms with van der Waals surface area (Å²) in [6, 6.07) is 71.0. The van der Waals surface area contributed by atoms with Gasteiger partial charge in [-0.15, -0.1) is 0 Å². The van der Waals surface area contributed by atoms with Crippen molar-refractivity contribution in [3.63, 3.8) is 0 Å². The predicted molar refractivity (Wildman–Crippen MR) is 216 cm³/mol. The van der Waals surface area contributed by atoms with E-state index in [2.05, 4.69) is 176 Å². The monoisotopic (exact) mass is 675 g/mol. The summed E-state index contributed by atoms with van der Waals surface area (Å²) in [7, 11) is 0. The van der Waals surface area contributed by atoms with Gasteiger partial charge in [0.05, 0.1) is 5.41 Å². The van der Waals surface area contributed by atoms with Gasteiger partial charge in [-0.25, -0.2) is 15.0 Å². The molecule has 3 heteroatoms. The van der Waals surface area contributed by atoms with Gasteiger partial charge in [0.1, 0.15) is 0 Å². The third kappa shape index (κ3) is 5.01. The van der Waals surface area contributed by atoms with Crippen LogP contribution < -0.4 is 0 Å². The molecule has 0 bridgehead atoms. The second kappa shape index (κ2) is 12.7. The molecule has 0 amide bonds. The third-order valence-electron chi connectivity index (χ3n) is 10.6. The lowest BCUT2D eigenvalue weighted by molar-refractivity contribution is 0.775. The number of nitrogens with zero attached hydrogens (tertiary/aromatic N) is 3. The van der Waals surface area contributed by atoms with Crippen LogP contribution in [0, 0.1) is 0 Å². The molecular formula is C50H33N3. The number of benzene rings is 8. The zero-order chi connectivity index (χ0) is 35.2. The molecule has 1 aliphatic rings. The van der Waals surface area contributed by atoms with Crippen molar-refractivity contribution in [2.24, 2.45) is 0 Å². The number of hydrogen-bond donors (Lipinski definition) is 0. The van der Waals surface area contributed by atoms with Crippen LogP contribution in [-0.4, -0.2) is 15.0 Å². The summed E-state index contributed by atoms with van der Waals surface area (Å²) in [5.74, 6) is 1.93. The maximum atomic E-state index is 5.25. The normalized spacial score (nSPS) is 12.7. The lowest BCUT2D eigenvalue weighted by Crippen LogP contribution is -2.28. The van der Waals surface area contributed by atoms with E-state index in [1.165, 1.54) is 38.8 Å². The second-order valence-corrected chi connectivity index (χ2v) is 13.5. The van der Waals surface area contributed by atoms with Gasteiger partial charge in [0.25, 0.3) is 0 Å². The molecule has 0 spiro atoms. The van der Waals surface area contributed by atoms with Crippen LogP contribution in [-0.2, 0) is 5.41 Å². The maximum absolute atomic E-state index is 5.25. The van der Waals surface area contributed by atoms with Crippen molar-refractivity contribution in [2.45, 2.75) is 5.41 Å². The average molecular weight is 676 g/mol. The molecule has 10 rings (SSSR count). The highest BCUT2D eigenvalue weighted by Crippen LogP contribution is 2.58. The molecule has 1 aliphatic carbocycles. The predicted octanol–water partition coefficient (Wildman–Crippen LogP) is 12.1. The van der Waals surface area contributed by atoms with Gasteiger partial charge in [0.2, 0.25) is 0 Å². The van der Waals surface area contributed by atoms with Crippen LogP contribution in [0.1, 0.15) is 22.3 Å². The van der Waals surface area contributed by atoms with E-state index in [-0.39, 0.29) is 0 Å². The van der Waals surface area contributed by atoms with Gasteiger partial charge in [-0.05, 0) is 61.3 Å². The topological polar surface area (TPSA) is 38.7 Å². The Morgan fingerprint density at radius 2 is 0.811 bits per heavy atom. The number of hydrogen-bond acceptors (Lipinski definition) is 3. The van der Waals surface area contributed by atoms with Crippen molar-refractivity contribution < 1.29 is 0 Å². The zero-order valence-electron chi connectivity index (χ0n) is 28.9. The van der Waals surface area contributed by atoms with Gasteiger partial charge in [-0.1, -0.05) is 194 Å². The van der Waals surface area contributed by atoms with Crippen molar-refractivity contribution in [3.05, 3.63) is 222 Å². The van der Waals surface area contributed by atoms with Crippen LogP contribution >= 0.6 is 0 Å². The van der Waals surface area contributed by atoms with Crippen molar-refractivity contribution in [3.8, 4) is 56.4 Å². The largest absolute Gasteiger partial charge is 0.208 e. The average Bonchev–Trinajstić information content (AvgIpc) is 3.56. The summed E-state index contributed by atoms with van der Waals surface area (Å²) in [6.07, 6.45) is 0. The molecule has 0 atom stereocenters. The Morgan fingerprint density at radius 3 is 1.51 bits per heavy atom. The van der Waals surface area contributed by atoms with E-state index in [9.17, 15) is 0 Å². The number of aromatic nitrogens is 3. The van der Waals surface area contributed by atoms with Crippen LogP contribution in [0.3, 0.4) is 0 Å². The highest BCUT2D eigenvalue weighted by Gasteiger charge is 2.47. The van der Waals surface area contributed by atoms with Crippen LogP contribution in [0.15, 0.2) is 200 Å². The number of fused-ring (bicyclic) bond motifs is 5. The second-order valence-electron chi connectivity index (χ2n) is 13.5. The summed E-state index contributed by atoms with van der Waals surface area (Å²) < 4.78 is 0. The van der Waals surface area contributed by atoms with Crippen LogP contribution in [0.25, 0.3) is 67.2 Å². The van der Waals surface area contributed by atoms with Crippen LogP contribution in [0.2, 0.25) is 0 Å². The van der Waals surface area contributed by atoms with E-state index in [0.717, 1.165) is 33.2 Å². The zero-order valence-corrected chi connectivity index (χ0v) is 28.9. The molecule has 0 aliphatic heterocycles. The molecule has 53 heavy (non-hydrogen) atoms. The van der Waals surface area contributed by atoms with Gasteiger partial charge in [0.15, 0.2) is 17.5 Å². The fourth-order valence-electron chi connectivity index (χ4n) is 8.31. The summed E-state index contributed by atoms with van der Waals surface area (Å²) in [6.45, 7) is 0. The van der Waals surface area contributed by atoms with Gasteiger partial charge in [-0.3, -0.25) is 0 Å². The van der Waals surface area contributed by atoms with E-state index in [1.807, 2.05) is 24.3 Å². The molecule has 1 heterocycles. The standard InChI is InChI=1S/C50H33N3/c1-5-17-34(18-6-1)36-21-15-22-37(33-36)48-51-47(35-19-7-2-8-20-35)52-49(53-48)44-29-16-28-42-40(44)31-32-43-41-27-13-14-30-45(41)50(46(42)43,38-23-9-3-10-24-38)39-25-11-4-12-26-39/h1-33H. The van der Waals surface area contributed by atoms with E-state index < -0.39 is 5.41 Å². The Hall–Kier alpha value is -6.97. The summed E-state index contributed by atoms with van der Waals surface area (Å²) in [5, 5.41) is 2.28. The first-order chi connectivity index (χ1) is 26.3. The minimum absolute atomic E-state index is 0.524. The first-order valence-corrected chi connectivity index (χ1v) is 18.0. The maximum Gasteiger partial charge on any atom is 0.164 e. The first-order valence-electron chi connectivity index (χ1n) is 18.0. The molecule has 0 saturated carbocycles. The minimum atomic E-state index is -0.524.